The summed E-state index contributed by atoms with van der Waals surface area (Å²) < 4.78 is 0. The summed E-state index contributed by atoms with van der Waals surface area (Å²) in [6.07, 6.45) is 2.65. The first-order valence-electron chi connectivity index (χ1n) is 4.57. The number of carboxylic acids is 1. The van der Waals surface area contributed by atoms with E-state index >= 15 is 0 Å². The zero-order valence-electron chi connectivity index (χ0n) is 7.71. The zero-order valence-corrected chi connectivity index (χ0v) is 7.71. The van der Waals surface area contributed by atoms with Crippen molar-refractivity contribution in [1.82, 2.24) is 5.32 Å². The Morgan fingerprint density at radius 3 is 2.50 bits per heavy atom. The quantitative estimate of drug-likeness (QED) is 0.654. The summed E-state index contributed by atoms with van der Waals surface area (Å²) in [4.78, 5) is 10.5. The lowest BCUT2D eigenvalue weighted by Gasteiger charge is -2.18. The van der Waals surface area contributed by atoms with Gasteiger partial charge in [-0.1, -0.05) is 13.8 Å². The molecule has 0 aliphatic heterocycles. The van der Waals surface area contributed by atoms with Gasteiger partial charge in [0.15, 0.2) is 0 Å². The van der Waals surface area contributed by atoms with Gasteiger partial charge in [-0.15, -0.1) is 0 Å². The Kier molecular flexibility index (Phi) is 3.09. The van der Waals surface area contributed by atoms with Crippen molar-refractivity contribution < 1.29 is 9.90 Å². The van der Waals surface area contributed by atoms with Crippen molar-refractivity contribution >= 4 is 5.97 Å². The van der Waals surface area contributed by atoms with E-state index in [9.17, 15) is 4.79 Å². The van der Waals surface area contributed by atoms with Crippen molar-refractivity contribution in [1.29, 1.82) is 0 Å². The molecule has 0 spiro atoms. The van der Waals surface area contributed by atoms with Crippen LogP contribution in [0, 0.1) is 5.92 Å². The van der Waals surface area contributed by atoms with Crippen molar-refractivity contribution in [2.45, 2.75) is 45.2 Å². The maximum absolute atomic E-state index is 10.5. The number of aliphatic carboxylic acids is 1. The average Bonchev–Trinajstić information content (AvgIpc) is 2.63. The number of carbonyl (C=O) groups is 1. The molecule has 1 aliphatic rings. The summed E-state index contributed by atoms with van der Waals surface area (Å²) in [6, 6.07) is 0.581. The summed E-state index contributed by atoms with van der Waals surface area (Å²) in [7, 11) is 0. The van der Waals surface area contributed by atoms with Crippen molar-refractivity contribution in [3.8, 4) is 0 Å². The number of nitrogens with one attached hydrogen (secondary N) is 1. The molecule has 12 heavy (non-hydrogen) atoms. The van der Waals surface area contributed by atoms with Crippen molar-refractivity contribution in [3.05, 3.63) is 0 Å². The van der Waals surface area contributed by atoms with Gasteiger partial charge in [0.25, 0.3) is 0 Å². The monoisotopic (exact) mass is 171 g/mol. The van der Waals surface area contributed by atoms with E-state index in [1.165, 1.54) is 12.8 Å². The molecule has 0 aromatic carbocycles. The molecule has 2 N–H and O–H groups in total. The predicted molar refractivity (Wildman–Crippen MR) is 47.0 cm³/mol. The second kappa shape index (κ2) is 3.90. The van der Waals surface area contributed by atoms with Gasteiger partial charge in [0.2, 0.25) is 0 Å². The van der Waals surface area contributed by atoms with Crippen molar-refractivity contribution in [3.63, 3.8) is 0 Å². The Bertz CT molecular complexity index is 164. The van der Waals surface area contributed by atoms with Gasteiger partial charge in [0.05, 0.1) is 6.42 Å². The first-order chi connectivity index (χ1) is 5.59. The number of hydrogen-bond donors (Lipinski definition) is 2. The molecule has 3 heteroatoms. The number of rotatable bonds is 5. The summed E-state index contributed by atoms with van der Waals surface area (Å²) in [5, 5.41) is 11.9. The van der Waals surface area contributed by atoms with E-state index in [0.717, 1.165) is 0 Å². The van der Waals surface area contributed by atoms with Crippen LogP contribution in [0.4, 0.5) is 0 Å². The van der Waals surface area contributed by atoms with E-state index < -0.39 is 5.97 Å². The average molecular weight is 171 g/mol. The van der Waals surface area contributed by atoms with Crippen LogP contribution in [-0.4, -0.2) is 23.2 Å². The lowest BCUT2D eigenvalue weighted by molar-refractivity contribution is -0.137. The summed E-state index contributed by atoms with van der Waals surface area (Å²) in [5.74, 6) is -0.0800. The lowest BCUT2D eigenvalue weighted by atomic mass is 10.1. The van der Waals surface area contributed by atoms with E-state index in [0.29, 0.717) is 12.0 Å². The Morgan fingerprint density at radius 1 is 1.58 bits per heavy atom. The summed E-state index contributed by atoms with van der Waals surface area (Å²) in [5.41, 5.74) is 0. The van der Waals surface area contributed by atoms with Crippen LogP contribution in [0.1, 0.15) is 33.1 Å². The molecule has 1 aliphatic carbocycles. The van der Waals surface area contributed by atoms with Crippen LogP contribution in [0.2, 0.25) is 0 Å². The van der Waals surface area contributed by atoms with Crippen LogP contribution < -0.4 is 5.32 Å². The van der Waals surface area contributed by atoms with Gasteiger partial charge >= 0.3 is 5.97 Å². The molecule has 0 amide bonds. The molecule has 0 bridgehead atoms. The molecule has 1 saturated carbocycles. The second-order valence-corrected chi connectivity index (χ2v) is 3.86. The van der Waals surface area contributed by atoms with Crippen LogP contribution in [0.25, 0.3) is 0 Å². The molecular weight excluding hydrogens is 154 g/mol. The molecule has 0 heterocycles. The minimum absolute atomic E-state index is 0.197. The third-order valence-corrected chi connectivity index (χ3v) is 2.13. The first kappa shape index (κ1) is 9.52. The molecule has 1 atom stereocenters. The third kappa shape index (κ3) is 3.22. The highest BCUT2D eigenvalue weighted by atomic mass is 16.4. The molecule has 1 fully saturated rings. The van der Waals surface area contributed by atoms with Gasteiger partial charge < -0.3 is 10.4 Å². The largest absolute Gasteiger partial charge is 0.481 e. The Labute approximate surface area is 73.2 Å². The van der Waals surface area contributed by atoms with Crippen molar-refractivity contribution in [2.75, 3.05) is 0 Å². The standard InChI is InChI=1S/C9H17NO2/c1-6(2)10-8(5-9(11)12)7-3-4-7/h6-8,10H,3-5H2,1-2H3,(H,11,12). The Morgan fingerprint density at radius 2 is 2.17 bits per heavy atom. The fourth-order valence-corrected chi connectivity index (χ4v) is 1.48. The fraction of sp³-hybridized carbons (Fsp3) is 0.889. The molecule has 1 unspecified atom stereocenters. The Hall–Kier alpha value is -0.570. The topological polar surface area (TPSA) is 49.3 Å². The van der Waals surface area contributed by atoms with Gasteiger partial charge in [0, 0.05) is 12.1 Å². The highest BCUT2D eigenvalue weighted by Crippen LogP contribution is 2.34. The molecule has 3 nitrogen and oxygen atoms in total. The van der Waals surface area contributed by atoms with Crippen molar-refractivity contribution in [2.24, 2.45) is 5.92 Å². The SMILES string of the molecule is CC(C)NC(CC(=O)O)C1CC1. The third-order valence-electron chi connectivity index (χ3n) is 2.13. The normalized spacial score (nSPS) is 19.6. The number of hydrogen-bond acceptors (Lipinski definition) is 2. The predicted octanol–water partition coefficient (Wildman–Crippen LogP) is 1.24. The van der Waals surface area contributed by atoms with Gasteiger partial charge in [-0.3, -0.25) is 4.79 Å². The van der Waals surface area contributed by atoms with Crippen LogP contribution in [0.15, 0.2) is 0 Å². The van der Waals surface area contributed by atoms with E-state index in [1.807, 2.05) is 0 Å². The van der Waals surface area contributed by atoms with E-state index in [4.69, 9.17) is 5.11 Å². The summed E-state index contributed by atoms with van der Waals surface area (Å²) in [6.45, 7) is 4.11. The lowest BCUT2D eigenvalue weighted by Crippen LogP contribution is -2.37. The molecule has 0 saturated heterocycles. The van der Waals surface area contributed by atoms with Gasteiger partial charge in [-0.2, -0.15) is 0 Å². The number of carboxylic acid groups (broad SMARTS) is 1. The van der Waals surface area contributed by atoms with E-state index in [2.05, 4.69) is 19.2 Å². The minimum atomic E-state index is -0.694. The molecule has 0 aromatic heterocycles. The molecule has 0 aromatic rings. The smallest absolute Gasteiger partial charge is 0.304 e. The Balaban J connectivity index is 2.32. The van der Waals surface area contributed by atoms with Gasteiger partial charge in [-0.05, 0) is 18.8 Å². The highest BCUT2D eigenvalue weighted by molar-refractivity contribution is 5.67. The fourth-order valence-electron chi connectivity index (χ4n) is 1.48. The maximum Gasteiger partial charge on any atom is 0.304 e. The van der Waals surface area contributed by atoms with E-state index in [-0.39, 0.29) is 12.5 Å². The van der Waals surface area contributed by atoms with Crippen LogP contribution in [0.3, 0.4) is 0 Å². The zero-order chi connectivity index (χ0) is 9.14. The molecular formula is C9H17NO2. The summed E-state index contributed by atoms with van der Waals surface area (Å²) >= 11 is 0. The first-order valence-corrected chi connectivity index (χ1v) is 4.57. The highest BCUT2D eigenvalue weighted by Gasteiger charge is 2.32. The van der Waals surface area contributed by atoms with E-state index in [1.54, 1.807) is 0 Å². The van der Waals surface area contributed by atoms with Gasteiger partial charge in [-0.25, -0.2) is 0 Å². The second-order valence-electron chi connectivity index (χ2n) is 3.86. The maximum atomic E-state index is 10.5. The van der Waals surface area contributed by atoms with Gasteiger partial charge in [0.1, 0.15) is 0 Å². The van der Waals surface area contributed by atoms with Crippen LogP contribution in [-0.2, 0) is 4.79 Å². The van der Waals surface area contributed by atoms with Crippen LogP contribution >= 0.6 is 0 Å². The molecule has 1 rings (SSSR count). The molecule has 0 radical (unpaired) electrons. The molecule has 70 valence electrons. The van der Waals surface area contributed by atoms with Crippen LogP contribution in [0.5, 0.6) is 0 Å². The minimum Gasteiger partial charge on any atom is -0.481 e.